The molecular formula is C20H16N6O2. The van der Waals surface area contributed by atoms with Crippen LogP contribution in [0.3, 0.4) is 0 Å². The molecule has 1 heterocycles. The third-order valence-electron chi connectivity index (χ3n) is 4.38. The molecule has 1 amide bonds. The standard InChI is InChI=1S/C20H16N6O2/c27-20(21-16-9-3-4-10-17(16)23-28)13-12-19-22-24-25-26(19)18-11-5-7-14-6-1-2-8-15(14)18/h1-11H,12-13H2,(H,21,27). The third-order valence-corrected chi connectivity index (χ3v) is 4.38. The summed E-state index contributed by atoms with van der Waals surface area (Å²) in [6.45, 7) is 0. The van der Waals surface area contributed by atoms with Crippen molar-refractivity contribution >= 4 is 28.1 Å². The zero-order chi connectivity index (χ0) is 19.3. The lowest BCUT2D eigenvalue weighted by Gasteiger charge is -2.09. The molecule has 8 nitrogen and oxygen atoms in total. The van der Waals surface area contributed by atoms with Crippen molar-refractivity contribution in [1.82, 2.24) is 20.2 Å². The monoisotopic (exact) mass is 372 g/mol. The number of tetrazole rings is 1. The highest BCUT2D eigenvalue weighted by Gasteiger charge is 2.14. The van der Waals surface area contributed by atoms with Crippen molar-refractivity contribution in [3.63, 3.8) is 0 Å². The minimum absolute atomic E-state index is 0.165. The topological polar surface area (TPSA) is 102 Å². The van der Waals surface area contributed by atoms with E-state index in [1.807, 2.05) is 42.5 Å². The number of hydrogen-bond acceptors (Lipinski definition) is 6. The number of nitrogens with zero attached hydrogens (tertiary/aromatic N) is 5. The van der Waals surface area contributed by atoms with Crippen LogP contribution in [0, 0.1) is 4.91 Å². The maximum absolute atomic E-state index is 12.3. The quantitative estimate of drug-likeness (QED) is 0.519. The van der Waals surface area contributed by atoms with Crippen LogP contribution in [0.5, 0.6) is 0 Å². The van der Waals surface area contributed by atoms with Gasteiger partial charge >= 0.3 is 0 Å². The van der Waals surface area contributed by atoms with Crippen LogP contribution in [0.15, 0.2) is 71.9 Å². The fraction of sp³-hybridized carbons (Fsp3) is 0.100. The second-order valence-corrected chi connectivity index (χ2v) is 6.16. The predicted octanol–water partition coefficient (Wildman–Crippen LogP) is 3.78. The Kier molecular flexibility index (Phi) is 4.83. The number of hydrogen-bond donors (Lipinski definition) is 1. The fourth-order valence-corrected chi connectivity index (χ4v) is 3.04. The highest BCUT2D eigenvalue weighted by Crippen LogP contribution is 2.24. The van der Waals surface area contributed by atoms with Gasteiger partial charge in [0.05, 0.1) is 11.4 Å². The van der Waals surface area contributed by atoms with Crippen molar-refractivity contribution in [3.8, 4) is 5.69 Å². The SMILES string of the molecule is O=Nc1ccccc1NC(=O)CCc1nnnn1-c1cccc2ccccc12. The first kappa shape index (κ1) is 17.5. The Hall–Kier alpha value is -3.94. The van der Waals surface area contributed by atoms with Gasteiger partial charge in [-0.3, -0.25) is 4.79 Å². The van der Waals surface area contributed by atoms with Crippen LogP contribution in [0.1, 0.15) is 12.2 Å². The van der Waals surface area contributed by atoms with Gasteiger partial charge < -0.3 is 5.32 Å². The maximum atomic E-state index is 12.3. The van der Waals surface area contributed by atoms with Crippen LogP contribution < -0.4 is 5.32 Å². The molecular weight excluding hydrogens is 356 g/mol. The molecule has 1 aromatic heterocycles. The van der Waals surface area contributed by atoms with Crippen LogP contribution in [-0.4, -0.2) is 26.1 Å². The van der Waals surface area contributed by atoms with Crippen molar-refractivity contribution in [2.24, 2.45) is 5.18 Å². The zero-order valence-electron chi connectivity index (χ0n) is 14.8. The number of amides is 1. The van der Waals surface area contributed by atoms with Crippen molar-refractivity contribution in [2.45, 2.75) is 12.8 Å². The van der Waals surface area contributed by atoms with Crippen molar-refractivity contribution in [3.05, 3.63) is 77.5 Å². The average molecular weight is 372 g/mol. The maximum Gasteiger partial charge on any atom is 0.224 e. The Bertz CT molecular complexity index is 1150. The van der Waals surface area contributed by atoms with E-state index in [0.29, 0.717) is 17.9 Å². The first-order valence-electron chi connectivity index (χ1n) is 8.74. The van der Waals surface area contributed by atoms with Crippen LogP contribution in [-0.2, 0) is 11.2 Å². The van der Waals surface area contributed by atoms with E-state index in [2.05, 4.69) is 26.0 Å². The molecule has 0 atom stereocenters. The van der Waals surface area contributed by atoms with Gasteiger partial charge in [-0.25, -0.2) is 0 Å². The van der Waals surface area contributed by atoms with E-state index in [-0.39, 0.29) is 18.0 Å². The van der Waals surface area contributed by atoms with Crippen molar-refractivity contribution in [1.29, 1.82) is 0 Å². The summed E-state index contributed by atoms with van der Waals surface area (Å²) in [6.07, 6.45) is 0.511. The molecule has 8 heteroatoms. The molecule has 0 aliphatic carbocycles. The molecule has 0 saturated carbocycles. The summed E-state index contributed by atoms with van der Waals surface area (Å²) in [5.41, 5.74) is 1.43. The van der Waals surface area contributed by atoms with E-state index in [9.17, 15) is 9.70 Å². The van der Waals surface area contributed by atoms with Gasteiger partial charge in [-0.05, 0) is 39.2 Å². The molecule has 3 aromatic carbocycles. The summed E-state index contributed by atoms with van der Waals surface area (Å²) >= 11 is 0. The summed E-state index contributed by atoms with van der Waals surface area (Å²) in [4.78, 5) is 23.1. The highest BCUT2D eigenvalue weighted by molar-refractivity contribution is 5.93. The molecule has 0 saturated heterocycles. The van der Waals surface area contributed by atoms with Crippen molar-refractivity contribution in [2.75, 3.05) is 5.32 Å². The van der Waals surface area contributed by atoms with Gasteiger partial charge in [-0.2, -0.15) is 4.68 Å². The first-order chi connectivity index (χ1) is 13.8. The van der Waals surface area contributed by atoms with Crippen LogP contribution in [0.25, 0.3) is 16.5 Å². The molecule has 4 rings (SSSR count). The molecule has 0 fully saturated rings. The number of benzene rings is 3. The van der Waals surface area contributed by atoms with E-state index in [4.69, 9.17) is 0 Å². The van der Waals surface area contributed by atoms with E-state index < -0.39 is 0 Å². The minimum atomic E-state index is -0.247. The van der Waals surface area contributed by atoms with Gasteiger partial charge in [0.15, 0.2) is 5.82 Å². The Morgan fingerprint density at radius 1 is 1.00 bits per heavy atom. The summed E-state index contributed by atoms with van der Waals surface area (Å²) in [5, 5.41) is 19.6. The van der Waals surface area contributed by atoms with E-state index in [1.54, 1.807) is 28.9 Å². The predicted molar refractivity (Wildman–Crippen MR) is 106 cm³/mol. The average Bonchev–Trinajstić information content (AvgIpc) is 3.20. The lowest BCUT2D eigenvalue weighted by molar-refractivity contribution is -0.116. The molecule has 28 heavy (non-hydrogen) atoms. The Morgan fingerprint density at radius 3 is 2.68 bits per heavy atom. The Labute approximate surface area is 160 Å². The Balaban J connectivity index is 1.52. The number of fused-ring (bicyclic) bond motifs is 1. The lowest BCUT2D eigenvalue weighted by atomic mass is 10.1. The number of carbonyl (C=O) groups excluding carboxylic acids is 1. The number of anilines is 1. The van der Waals surface area contributed by atoms with Gasteiger partial charge in [-0.15, -0.1) is 10.0 Å². The number of carbonyl (C=O) groups is 1. The van der Waals surface area contributed by atoms with Gasteiger partial charge in [0.2, 0.25) is 5.91 Å². The normalized spacial score (nSPS) is 10.7. The van der Waals surface area contributed by atoms with E-state index >= 15 is 0 Å². The highest BCUT2D eigenvalue weighted by atomic mass is 16.3. The van der Waals surface area contributed by atoms with Gasteiger partial charge in [0, 0.05) is 18.2 Å². The van der Waals surface area contributed by atoms with Gasteiger partial charge in [0.1, 0.15) is 5.69 Å². The van der Waals surface area contributed by atoms with Crippen LogP contribution in [0.4, 0.5) is 11.4 Å². The summed E-state index contributed by atoms with van der Waals surface area (Å²) in [7, 11) is 0. The fourth-order valence-electron chi connectivity index (χ4n) is 3.04. The van der Waals surface area contributed by atoms with Crippen molar-refractivity contribution < 1.29 is 4.79 Å². The number of aryl methyl sites for hydroxylation is 1. The molecule has 0 bridgehead atoms. The Morgan fingerprint density at radius 2 is 1.79 bits per heavy atom. The minimum Gasteiger partial charge on any atom is -0.324 e. The number of para-hydroxylation sites is 1. The van der Waals surface area contributed by atoms with E-state index in [1.165, 1.54) is 0 Å². The van der Waals surface area contributed by atoms with E-state index in [0.717, 1.165) is 16.5 Å². The molecule has 0 spiro atoms. The molecule has 4 aromatic rings. The number of nitrogens with one attached hydrogen (secondary N) is 1. The first-order valence-corrected chi connectivity index (χ1v) is 8.74. The summed E-state index contributed by atoms with van der Waals surface area (Å²) < 4.78 is 1.65. The number of rotatable bonds is 6. The largest absolute Gasteiger partial charge is 0.324 e. The number of nitroso groups, excluding NO2 is 1. The summed E-state index contributed by atoms with van der Waals surface area (Å²) in [5.74, 6) is 0.330. The smallest absolute Gasteiger partial charge is 0.224 e. The third kappa shape index (κ3) is 3.48. The molecule has 0 unspecified atom stereocenters. The molecule has 1 N–H and O–H groups in total. The van der Waals surface area contributed by atoms with Gasteiger partial charge in [-0.1, -0.05) is 48.5 Å². The molecule has 0 aliphatic rings. The molecule has 0 aliphatic heterocycles. The van der Waals surface area contributed by atoms with Crippen LogP contribution >= 0.6 is 0 Å². The summed E-state index contributed by atoms with van der Waals surface area (Å²) in [6, 6.07) is 20.5. The van der Waals surface area contributed by atoms with Crippen LogP contribution in [0.2, 0.25) is 0 Å². The zero-order valence-corrected chi connectivity index (χ0v) is 14.8. The van der Waals surface area contributed by atoms with Gasteiger partial charge in [0.25, 0.3) is 0 Å². The second-order valence-electron chi connectivity index (χ2n) is 6.16. The second kappa shape index (κ2) is 7.75. The molecule has 0 radical (unpaired) electrons. The number of aromatic nitrogens is 4. The lowest BCUT2D eigenvalue weighted by Crippen LogP contribution is -2.14. The molecule has 138 valence electrons.